The van der Waals surface area contributed by atoms with Crippen LogP contribution < -0.4 is 15.8 Å². The maximum Gasteiger partial charge on any atom is 0.232 e. The summed E-state index contributed by atoms with van der Waals surface area (Å²) in [5.41, 5.74) is 6.50. The number of carbonyl (C=O) groups is 1. The van der Waals surface area contributed by atoms with Crippen molar-refractivity contribution in [3.63, 3.8) is 0 Å². The van der Waals surface area contributed by atoms with Gasteiger partial charge in [-0.05, 0) is 30.7 Å². The third-order valence-corrected chi connectivity index (χ3v) is 4.42. The minimum Gasteiger partial charge on any atom is -0.380 e. The lowest BCUT2D eigenvalue weighted by atomic mass is 10.2. The molecular formula is C14H23N3O4S. The van der Waals surface area contributed by atoms with Gasteiger partial charge in [-0.15, -0.1) is 0 Å². The molecule has 0 spiro atoms. The van der Waals surface area contributed by atoms with Crippen molar-refractivity contribution < 1.29 is 17.9 Å². The molecule has 0 bridgehead atoms. The molecule has 0 saturated heterocycles. The van der Waals surface area contributed by atoms with Gasteiger partial charge in [0.25, 0.3) is 0 Å². The smallest absolute Gasteiger partial charge is 0.232 e. The maximum atomic E-state index is 11.8. The monoisotopic (exact) mass is 329 g/mol. The van der Waals surface area contributed by atoms with Crippen molar-refractivity contribution in [2.45, 2.75) is 25.9 Å². The van der Waals surface area contributed by atoms with Gasteiger partial charge in [0.05, 0.1) is 18.3 Å². The first kappa shape index (κ1) is 18.4. The van der Waals surface area contributed by atoms with Crippen LogP contribution in [0.1, 0.15) is 19.8 Å². The van der Waals surface area contributed by atoms with E-state index in [4.69, 9.17) is 10.5 Å². The molecule has 8 heteroatoms. The number of nitrogens with one attached hydrogen (secondary N) is 2. The third-order valence-electron chi connectivity index (χ3n) is 2.92. The molecular weight excluding hydrogens is 306 g/mol. The van der Waals surface area contributed by atoms with Gasteiger partial charge in [-0.2, -0.15) is 0 Å². The Morgan fingerprint density at radius 3 is 2.36 bits per heavy atom. The molecule has 4 N–H and O–H groups in total. The molecule has 124 valence electrons. The van der Waals surface area contributed by atoms with Gasteiger partial charge in [0, 0.05) is 25.0 Å². The van der Waals surface area contributed by atoms with Gasteiger partial charge in [-0.3, -0.25) is 9.52 Å². The number of methoxy groups -OCH3 is 1. The summed E-state index contributed by atoms with van der Waals surface area (Å²) in [5, 5.41) is 2.70. The van der Waals surface area contributed by atoms with Crippen molar-refractivity contribution in [1.82, 2.24) is 0 Å². The van der Waals surface area contributed by atoms with Crippen LogP contribution in [-0.4, -0.2) is 39.8 Å². The highest BCUT2D eigenvalue weighted by Crippen LogP contribution is 2.15. The first-order chi connectivity index (χ1) is 10.4. The molecule has 0 aromatic heterocycles. The molecule has 0 aliphatic carbocycles. The summed E-state index contributed by atoms with van der Waals surface area (Å²) >= 11 is 0. The SMILES string of the molecule is CCCS(=O)(=O)Nc1ccc(NC(=O)CC(CN)OC)cc1. The molecule has 1 aromatic rings. The van der Waals surface area contributed by atoms with E-state index in [1.54, 1.807) is 31.2 Å². The number of rotatable bonds is 9. The molecule has 0 aliphatic rings. The Labute approximate surface area is 131 Å². The molecule has 22 heavy (non-hydrogen) atoms. The van der Waals surface area contributed by atoms with Gasteiger partial charge in [0.1, 0.15) is 0 Å². The summed E-state index contributed by atoms with van der Waals surface area (Å²) in [5.74, 6) is -0.139. The average Bonchev–Trinajstić information content (AvgIpc) is 2.46. The van der Waals surface area contributed by atoms with E-state index in [-0.39, 0.29) is 30.7 Å². The molecule has 7 nitrogen and oxygen atoms in total. The van der Waals surface area contributed by atoms with E-state index in [9.17, 15) is 13.2 Å². The Morgan fingerprint density at radius 1 is 1.27 bits per heavy atom. The van der Waals surface area contributed by atoms with Crippen molar-refractivity contribution in [1.29, 1.82) is 0 Å². The van der Waals surface area contributed by atoms with Crippen molar-refractivity contribution in [3.8, 4) is 0 Å². The van der Waals surface area contributed by atoms with Crippen molar-refractivity contribution >= 4 is 27.3 Å². The lowest BCUT2D eigenvalue weighted by Gasteiger charge is -2.13. The zero-order valence-corrected chi connectivity index (χ0v) is 13.7. The Balaban J connectivity index is 2.60. The summed E-state index contributed by atoms with van der Waals surface area (Å²) in [6, 6.07) is 6.46. The van der Waals surface area contributed by atoms with Crippen LogP contribution in [0.5, 0.6) is 0 Å². The topological polar surface area (TPSA) is 111 Å². The highest BCUT2D eigenvalue weighted by Gasteiger charge is 2.12. The van der Waals surface area contributed by atoms with Gasteiger partial charge in [0.2, 0.25) is 15.9 Å². The van der Waals surface area contributed by atoms with Crippen LogP contribution in [0.4, 0.5) is 11.4 Å². The number of amides is 1. The molecule has 0 fully saturated rings. The molecule has 0 saturated carbocycles. The van der Waals surface area contributed by atoms with Crippen molar-refractivity contribution in [2.75, 3.05) is 29.4 Å². The van der Waals surface area contributed by atoms with E-state index in [1.807, 2.05) is 0 Å². The van der Waals surface area contributed by atoms with Crippen molar-refractivity contribution in [2.24, 2.45) is 5.73 Å². The van der Waals surface area contributed by atoms with Gasteiger partial charge in [0.15, 0.2) is 0 Å². The zero-order chi connectivity index (χ0) is 16.6. The predicted octanol–water partition coefficient (Wildman–Crippen LogP) is 1.14. The van der Waals surface area contributed by atoms with Gasteiger partial charge < -0.3 is 15.8 Å². The lowest BCUT2D eigenvalue weighted by Crippen LogP contribution is -2.28. The number of carbonyl (C=O) groups excluding carboxylic acids is 1. The number of nitrogens with two attached hydrogens (primary N) is 1. The molecule has 0 radical (unpaired) electrons. The minimum atomic E-state index is -3.31. The lowest BCUT2D eigenvalue weighted by molar-refractivity contribution is -0.118. The number of hydrogen-bond donors (Lipinski definition) is 3. The Bertz CT molecular complexity index is 568. The molecule has 0 heterocycles. The van der Waals surface area contributed by atoms with Crippen LogP contribution in [0.2, 0.25) is 0 Å². The highest BCUT2D eigenvalue weighted by molar-refractivity contribution is 7.92. The Kier molecular flexibility index (Phi) is 7.30. The molecule has 0 aliphatic heterocycles. The molecule has 1 rings (SSSR count). The van der Waals surface area contributed by atoms with Crippen LogP contribution in [0.3, 0.4) is 0 Å². The quantitative estimate of drug-likeness (QED) is 0.629. The Hall–Kier alpha value is -1.64. The minimum absolute atomic E-state index is 0.0724. The maximum absolute atomic E-state index is 11.8. The van der Waals surface area contributed by atoms with E-state index in [0.717, 1.165) is 0 Å². The average molecular weight is 329 g/mol. The largest absolute Gasteiger partial charge is 0.380 e. The second-order valence-electron chi connectivity index (χ2n) is 4.84. The summed E-state index contributed by atoms with van der Waals surface area (Å²) in [4.78, 5) is 11.8. The number of sulfonamides is 1. The van der Waals surface area contributed by atoms with E-state index in [2.05, 4.69) is 10.0 Å². The van der Waals surface area contributed by atoms with Gasteiger partial charge in [-0.25, -0.2) is 8.42 Å². The van der Waals surface area contributed by atoms with E-state index in [1.165, 1.54) is 7.11 Å². The van der Waals surface area contributed by atoms with Crippen molar-refractivity contribution in [3.05, 3.63) is 24.3 Å². The van der Waals surface area contributed by atoms with Gasteiger partial charge in [-0.1, -0.05) is 6.92 Å². The van der Waals surface area contributed by atoms with Gasteiger partial charge >= 0.3 is 0 Å². The molecule has 1 aromatic carbocycles. The van der Waals surface area contributed by atoms with Crippen LogP contribution >= 0.6 is 0 Å². The first-order valence-electron chi connectivity index (χ1n) is 7.03. The fourth-order valence-electron chi connectivity index (χ4n) is 1.80. The Morgan fingerprint density at radius 2 is 1.86 bits per heavy atom. The van der Waals surface area contributed by atoms with E-state index < -0.39 is 10.0 Å². The second kappa shape index (κ2) is 8.72. The first-order valence-corrected chi connectivity index (χ1v) is 8.68. The van der Waals surface area contributed by atoms with Crippen LogP contribution in [0.15, 0.2) is 24.3 Å². The second-order valence-corrected chi connectivity index (χ2v) is 6.69. The van der Waals surface area contributed by atoms with Crippen LogP contribution in [-0.2, 0) is 19.6 Å². The predicted molar refractivity (Wildman–Crippen MR) is 87.2 cm³/mol. The summed E-state index contributed by atoms with van der Waals surface area (Å²) in [6.07, 6.45) is 0.392. The summed E-state index contributed by atoms with van der Waals surface area (Å²) < 4.78 is 30.8. The number of benzene rings is 1. The fourth-order valence-corrected chi connectivity index (χ4v) is 2.94. The third kappa shape index (κ3) is 6.42. The standard InChI is InChI=1S/C14H23N3O4S/c1-3-8-22(19,20)17-12-6-4-11(5-7-12)16-14(18)9-13(10-15)21-2/h4-7,13,17H,3,8-10,15H2,1-2H3,(H,16,18). The molecule has 1 atom stereocenters. The normalized spacial score (nSPS) is 12.7. The number of hydrogen-bond acceptors (Lipinski definition) is 5. The zero-order valence-electron chi connectivity index (χ0n) is 12.8. The highest BCUT2D eigenvalue weighted by atomic mass is 32.2. The van der Waals surface area contributed by atoms with Crippen LogP contribution in [0, 0.1) is 0 Å². The fraction of sp³-hybridized carbons (Fsp3) is 0.500. The summed E-state index contributed by atoms with van der Waals surface area (Å²) in [7, 11) is -1.81. The molecule has 1 unspecified atom stereocenters. The molecule has 1 amide bonds. The number of anilines is 2. The summed E-state index contributed by atoms with van der Waals surface area (Å²) in [6.45, 7) is 2.06. The van der Waals surface area contributed by atoms with E-state index >= 15 is 0 Å². The van der Waals surface area contributed by atoms with E-state index in [0.29, 0.717) is 17.8 Å². The van der Waals surface area contributed by atoms with Crippen LogP contribution in [0.25, 0.3) is 0 Å². The number of ether oxygens (including phenoxy) is 1.